The summed E-state index contributed by atoms with van der Waals surface area (Å²) in [4.78, 5) is 43.3. The van der Waals surface area contributed by atoms with E-state index in [1.807, 2.05) is 48.7 Å². The van der Waals surface area contributed by atoms with E-state index in [1.54, 1.807) is 19.2 Å². The van der Waals surface area contributed by atoms with Crippen LogP contribution in [-0.4, -0.2) is 42.9 Å². The largest absolute Gasteiger partial charge is 0.497 e. The number of rotatable bonds is 7. The van der Waals surface area contributed by atoms with E-state index in [9.17, 15) is 14.4 Å². The monoisotopic (exact) mass is 450 g/mol. The zero-order valence-electron chi connectivity index (χ0n) is 17.7. The summed E-state index contributed by atoms with van der Waals surface area (Å²) in [6.07, 6.45) is 0.0334. The van der Waals surface area contributed by atoms with E-state index >= 15 is 0 Å². The number of aromatic nitrogens is 1. The fourth-order valence-electron chi connectivity index (χ4n) is 3.43. The Labute approximate surface area is 189 Å². The first-order valence-corrected chi connectivity index (χ1v) is 11.0. The number of hydrogen-bond donors (Lipinski definition) is 0. The van der Waals surface area contributed by atoms with E-state index in [0.717, 1.165) is 22.6 Å². The summed E-state index contributed by atoms with van der Waals surface area (Å²) in [6.45, 7) is 1.77. The Hall–Kier alpha value is -3.52. The first-order chi connectivity index (χ1) is 15.4. The van der Waals surface area contributed by atoms with Crippen molar-refractivity contribution in [1.29, 1.82) is 0 Å². The number of aryl methyl sites for hydroxylation is 1. The van der Waals surface area contributed by atoms with Crippen LogP contribution in [0.1, 0.15) is 22.3 Å². The van der Waals surface area contributed by atoms with Gasteiger partial charge in [-0.3, -0.25) is 19.3 Å². The van der Waals surface area contributed by atoms with Gasteiger partial charge in [-0.25, -0.2) is 4.98 Å². The van der Waals surface area contributed by atoms with Crippen LogP contribution in [-0.2, 0) is 14.3 Å². The molecule has 4 rings (SSSR count). The van der Waals surface area contributed by atoms with Gasteiger partial charge in [0, 0.05) is 29.5 Å². The summed E-state index contributed by atoms with van der Waals surface area (Å²) in [5.74, 6) is -0.925. The molecule has 0 N–H and O–H groups in total. The number of hydrogen-bond acceptors (Lipinski definition) is 7. The van der Waals surface area contributed by atoms with Gasteiger partial charge in [0.05, 0.1) is 18.7 Å². The molecule has 0 saturated carbocycles. The Balaban J connectivity index is 1.37. The van der Waals surface area contributed by atoms with Crippen LogP contribution in [0.4, 0.5) is 5.13 Å². The Morgan fingerprint density at radius 1 is 1.19 bits per heavy atom. The highest BCUT2D eigenvalue weighted by Crippen LogP contribution is 2.33. The van der Waals surface area contributed by atoms with E-state index in [2.05, 4.69) is 4.98 Å². The number of ketones is 1. The Bertz CT molecular complexity index is 1160. The standard InChI is InChI=1S/C24H22N2O5S/c1-15-6-8-16(9-7-15)21(27)13-31-23(29)18-11-22(28)26(12-18)24-25-20(14-32-24)17-4-3-5-19(10-17)30-2/h3-10,14,18H,11-13H2,1-2H3/t18-/m1/s1. The van der Waals surface area contributed by atoms with Gasteiger partial charge < -0.3 is 9.47 Å². The van der Waals surface area contributed by atoms with Crippen LogP contribution in [0.3, 0.4) is 0 Å². The van der Waals surface area contributed by atoms with Gasteiger partial charge in [-0.1, -0.05) is 42.0 Å². The fraction of sp³-hybridized carbons (Fsp3) is 0.250. The maximum Gasteiger partial charge on any atom is 0.311 e. The summed E-state index contributed by atoms with van der Waals surface area (Å²) in [5.41, 5.74) is 3.13. The minimum atomic E-state index is -0.627. The van der Waals surface area contributed by atoms with Gasteiger partial charge in [0.2, 0.25) is 5.91 Å². The molecule has 7 nitrogen and oxygen atoms in total. The molecule has 0 unspecified atom stereocenters. The molecule has 1 aromatic heterocycles. The molecule has 1 atom stereocenters. The second-order valence-electron chi connectivity index (χ2n) is 7.55. The molecular weight excluding hydrogens is 428 g/mol. The van der Waals surface area contributed by atoms with Crippen molar-refractivity contribution >= 4 is 34.1 Å². The van der Waals surface area contributed by atoms with Crippen LogP contribution in [0, 0.1) is 12.8 Å². The number of carbonyl (C=O) groups is 3. The normalized spacial score (nSPS) is 15.6. The summed E-state index contributed by atoms with van der Waals surface area (Å²) in [5, 5.41) is 2.39. The van der Waals surface area contributed by atoms with Crippen LogP contribution in [0.25, 0.3) is 11.3 Å². The zero-order chi connectivity index (χ0) is 22.7. The molecular formula is C24H22N2O5S. The topological polar surface area (TPSA) is 85.8 Å². The van der Waals surface area contributed by atoms with Crippen LogP contribution in [0.2, 0.25) is 0 Å². The number of thiazole rings is 1. The van der Waals surface area contributed by atoms with Crippen molar-refractivity contribution < 1.29 is 23.9 Å². The van der Waals surface area contributed by atoms with E-state index in [1.165, 1.54) is 16.2 Å². The van der Waals surface area contributed by atoms with Crippen molar-refractivity contribution in [3.63, 3.8) is 0 Å². The number of Topliss-reactive ketones (excluding diaryl/α,β-unsaturated/α-hetero) is 1. The van der Waals surface area contributed by atoms with Crippen LogP contribution >= 0.6 is 11.3 Å². The summed E-state index contributed by atoms with van der Waals surface area (Å²) >= 11 is 1.34. The number of ether oxygens (including phenoxy) is 2. The molecule has 1 fully saturated rings. The number of benzene rings is 2. The fourth-order valence-corrected chi connectivity index (χ4v) is 4.29. The van der Waals surface area contributed by atoms with E-state index < -0.39 is 11.9 Å². The number of esters is 1. The first kappa shape index (κ1) is 21.7. The van der Waals surface area contributed by atoms with Crippen LogP contribution in [0.15, 0.2) is 53.9 Å². The molecule has 164 valence electrons. The van der Waals surface area contributed by atoms with Crippen molar-refractivity contribution in [2.75, 3.05) is 25.2 Å². The molecule has 0 aliphatic carbocycles. The molecule has 2 heterocycles. The van der Waals surface area contributed by atoms with Crippen molar-refractivity contribution in [3.8, 4) is 17.0 Å². The lowest BCUT2D eigenvalue weighted by Gasteiger charge is -2.13. The van der Waals surface area contributed by atoms with Crippen molar-refractivity contribution in [3.05, 3.63) is 65.0 Å². The zero-order valence-corrected chi connectivity index (χ0v) is 18.6. The molecule has 32 heavy (non-hydrogen) atoms. The second kappa shape index (κ2) is 9.32. The average molecular weight is 451 g/mol. The van der Waals surface area contributed by atoms with Gasteiger partial charge in [0.15, 0.2) is 17.5 Å². The minimum Gasteiger partial charge on any atom is -0.497 e. The molecule has 1 saturated heterocycles. The third-order valence-electron chi connectivity index (χ3n) is 5.27. The Kier molecular flexibility index (Phi) is 6.32. The summed E-state index contributed by atoms with van der Waals surface area (Å²) in [7, 11) is 1.60. The molecule has 1 amide bonds. The van der Waals surface area contributed by atoms with E-state index in [0.29, 0.717) is 10.7 Å². The second-order valence-corrected chi connectivity index (χ2v) is 8.39. The Morgan fingerprint density at radius 2 is 1.97 bits per heavy atom. The third-order valence-corrected chi connectivity index (χ3v) is 6.13. The first-order valence-electron chi connectivity index (χ1n) is 10.1. The maximum atomic E-state index is 12.5. The molecule has 1 aliphatic rings. The highest BCUT2D eigenvalue weighted by atomic mass is 32.1. The highest BCUT2D eigenvalue weighted by molar-refractivity contribution is 7.14. The van der Waals surface area contributed by atoms with Crippen LogP contribution in [0.5, 0.6) is 5.75 Å². The summed E-state index contributed by atoms with van der Waals surface area (Å²) < 4.78 is 10.5. The van der Waals surface area contributed by atoms with Gasteiger partial charge in [0.1, 0.15) is 5.75 Å². The van der Waals surface area contributed by atoms with Crippen LogP contribution < -0.4 is 9.64 Å². The molecule has 0 bridgehead atoms. The van der Waals surface area contributed by atoms with E-state index in [4.69, 9.17) is 9.47 Å². The smallest absolute Gasteiger partial charge is 0.311 e. The number of anilines is 1. The SMILES string of the molecule is COc1cccc(-c2csc(N3C[C@H](C(=O)OCC(=O)c4ccc(C)cc4)CC3=O)n2)c1. The summed E-state index contributed by atoms with van der Waals surface area (Å²) in [6, 6.07) is 14.6. The highest BCUT2D eigenvalue weighted by Gasteiger charge is 2.37. The molecule has 0 spiro atoms. The predicted octanol–water partition coefficient (Wildman–Crippen LogP) is 3.91. The molecule has 2 aromatic carbocycles. The van der Waals surface area contributed by atoms with Gasteiger partial charge >= 0.3 is 5.97 Å². The van der Waals surface area contributed by atoms with Crippen molar-refractivity contribution in [2.45, 2.75) is 13.3 Å². The van der Waals surface area contributed by atoms with Gasteiger partial charge in [-0.15, -0.1) is 11.3 Å². The van der Waals surface area contributed by atoms with Gasteiger partial charge in [-0.05, 0) is 19.1 Å². The molecule has 1 aliphatic heterocycles. The molecule has 3 aromatic rings. The van der Waals surface area contributed by atoms with Gasteiger partial charge in [-0.2, -0.15) is 0 Å². The number of carbonyl (C=O) groups excluding carboxylic acids is 3. The van der Waals surface area contributed by atoms with E-state index in [-0.39, 0.29) is 31.3 Å². The number of amides is 1. The predicted molar refractivity (Wildman–Crippen MR) is 121 cm³/mol. The lowest BCUT2D eigenvalue weighted by Crippen LogP contribution is -2.27. The Morgan fingerprint density at radius 3 is 2.72 bits per heavy atom. The minimum absolute atomic E-state index is 0.0334. The maximum absolute atomic E-state index is 12.5. The lowest BCUT2D eigenvalue weighted by atomic mass is 10.1. The lowest BCUT2D eigenvalue weighted by molar-refractivity contribution is -0.147. The molecule has 8 heteroatoms. The average Bonchev–Trinajstić information content (AvgIpc) is 3.44. The van der Waals surface area contributed by atoms with Crippen molar-refractivity contribution in [2.24, 2.45) is 5.92 Å². The quantitative estimate of drug-likeness (QED) is 0.401. The molecule has 0 radical (unpaired) electrons. The number of nitrogens with zero attached hydrogens (tertiary/aromatic N) is 2. The third kappa shape index (κ3) is 4.70. The van der Waals surface area contributed by atoms with Gasteiger partial charge in [0.25, 0.3) is 0 Å². The number of methoxy groups -OCH3 is 1. The van der Waals surface area contributed by atoms with Crippen molar-refractivity contribution in [1.82, 2.24) is 4.98 Å².